The third-order valence-electron chi connectivity index (χ3n) is 3.49. The Bertz CT molecular complexity index is 581. The molecule has 0 saturated carbocycles. The molecule has 1 aromatic rings. The van der Waals surface area contributed by atoms with Crippen LogP contribution in [0.1, 0.15) is 19.8 Å². The second-order valence-corrected chi connectivity index (χ2v) is 5.14. The van der Waals surface area contributed by atoms with E-state index in [9.17, 15) is 9.59 Å². The standard InChI is InChI=1S/C15H17NO6/c1-9(22-15(18)12-3-2-6-19-12)14(17)16-10-4-5-11-13(7-10)21-8-20-11/h4-5,7,9,12H,2-3,6,8H2,1H3,(H,16,17)/t9-,12+/m0/s1. The zero-order valence-corrected chi connectivity index (χ0v) is 12.2. The fraction of sp³-hybridized carbons (Fsp3) is 0.467. The number of hydrogen-bond donors (Lipinski definition) is 1. The molecule has 1 saturated heterocycles. The van der Waals surface area contributed by atoms with Gasteiger partial charge in [0, 0.05) is 18.4 Å². The molecule has 1 amide bonds. The van der Waals surface area contributed by atoms with E-state index in [0.717, 1.165) is 6.42 Å². The average molecular weight is 307 g/mol. The van der Waals surface area contributed by atoms with Crippen molar-refractivity contribution in [1.82, 2.24) is 0 Å². The van der Waals surface area contributed by atoms with Crippen LogP contribution < -0.4 is 14.8 Å². The Morgan fingerprint density at radius 1 is 1.32 bits per heavy atom. The minimum atomic E-state index is -0.901. The van der Waals surface area contributed by atoms with Gasteiger partial charge in [-0.1, -0.05) is 0 Å². The Labute approximate surface area is 127 Å². The summed E-state index contributed by atoms with van der Waals surface area (Å²) in [7, 11) is 0. The van der Waals surface area contributed by atoms with E-state index >= 15 is 0 Å². The van der Waals surface area contributed by atoms with E-state index in [-0.39, 0.29) is 6.79 Å². The van der Waals surface area contributed by atoms with E-state index in [0.29, 0.717) is 30.2 Å². The Hall–Kier alpha value is -2.28. The van der Waals surface area contributed by atoms with Crippen molar-refractivity contribution in [1.29, 1.82) is 0 Å². The molecular weight excluding hydrogens is 290 g/mol. The summed E-state index contributed by atoms with van der Waals surface area (Å²) in [6.45, 7) is 2.24. The van der Waals surface area contributed by atoms with Gasteiger partial charge in [-0.15, -0.1) is 0 Å². The lowest BCUT2D eigenvalue weighted by atomic mass is 10.2. The number of hydrogen-bond acceptors (Lipinski definition) is 6. The molecular formula is C15H17NO6. The van der Waals surface area contributed by atoms with Crippen molar-refractivity contribution in [2.24, 2.45) is 0 Å². The molecule has 118 valence electrons. The zero-order chi connectivity index (χ0) is 15.5. The molecule has 7 nitrogen and oxygen atoms in total. The lowest BCUT2D eigenvalue weighted by Crippen LogP contribution is -2.33. The van der Waals surface area contributed by atoms with E-state index in [1.165, 1.54) is 6.92 Å². The van der Waals surface area contributed by atoms with Crippen molar-refractivity contribution >= 4 is 17.6 Å². The largest absolute Gasteiger partial charge is 0.454 e. The molecule has 2 aliphatic rings. The molecule has 3 rings (SSSR count). The highest BCUT2D eigenvalue weighted by Gasteiger charge is 2.28. The number of esters is 1. The van der Waals surface area contributed by atoms with Crippen LogP contribution in [0.25, 0.3) is 0 Å². The Morgan fingerprint density at radius 3 is 2.91 bits per heavy atom. The first-order valence-corrected chi connectivity index (χ1v) is 7.16. The third-order valence-corrected chi connectivity index (χ3v) is 3.49. The summed E-state index contributed by atoms with van der Waals surface area (Å²) >= 11 is 0. The lowest BCUT2D eigenvalue weighted by molar-refractivity contribution is -0.162. The third kappa shape index (κ3) is 3.14. The molecule has 2 aliphatic heterocycles. The van der Waals surface area contributed by atoms with Gasteiger partial charge in [-0.3, -0.25) is 4.79 Å². The molecule has 0 spiro atoms. The maximum Gasteiger partial charge on any atom is 0.336 e. The predicted molar refractivity (Wildman–Crippen MR) is 75.7 cm³/mol. The summed E-state index contributed by atoms with van der Waals surface area (Å²) in [4.78, 5) is 23.9. The van der Waals surface area contributed by atoms with Crippen LogP contribution >= 0.6 is 0 Å². The maximum atomic E-state index is 12.1. The molecule has 1 N–H and O–H groups in total. The van der Waals surface area contributed by atoms with Crippen molar-refractivity contribution in [2.45, 2.75) is 32.0 Å². The molecule has 0 aromatic heterocycles. The second-order valence-electron chi connectivity index (χ2n) is 5.14. The molecule has 2 heterocycles. The van der Waals surface area contributed by atoms with Crippen LogP contribution in [0, 0.1) is 0 Å². The maximum absolute atomic E-state index is 12.1. The molecule has 0 bridgehead atoms. The predicted octanol–water partition coefficient (Wildman–Crippen LogP) is 1.46. The van der Waals surface area contributed by atoms with E-state index in [4.69, 9.17) is 18.9 Å². The Kier molecular flexibility index (Phi) is 4.15. The first kappa shape index (κ1) is 14.6. The van der Waals surface area contributed by atoms with Gasteiger partial charge in [-0.05, 0) is 31.9 Å². The van der Waals surface area contributed by atoms with Crippen molar-refractivity contribution in [2.75, 3.05) is 18.7 Å². The SMILES string of the molecule is C[C@H](OC(=O)[C@H]1CCCO1)C(=O)Nc1ccc2c(c1)OCO2. The number of carbonyl (C=O) groups is 2. The topological polar surface area (TPSA) is 83.1 Å². The van der Waals surface area contributed by atoms with Gasteiger partial charge in [0.05, 0.1) is 0 Å². The summed E-state index contributed by atoms with van der Waals surface area (Å²) in [6.07, 6.45) is 0.00952. The minimum absolute atomic E-state index is 0.169. The average Bonchev–Trinajstić information content (AvgIpc) is 3.18. The number of rotatable bonds is 4. The molecule has 1 aromatic carbocycles. The number of amides is 1. The number of benzene rings is 1. The Morgan fingerprint density at radius 2 is 2.14 bits per heavy atom. The van der Waals surface area contributed by atoms with Gasteiger partial charge in [0.25, 0.3) is 5.91 Å². The second kappa shape index (κ2) is 6.23. The number of fused-ring (bicyclic) bond motifs is 1. The van der Waals surface area contributed by atoms with Crippen LogP contribution in [0.4, 0.5) is 5.69 Å². The monoisotopic (exact) mass is 307 g/mol. The van der Waals surface area contributed by atoms with Crippen LogP contribution in [-0.2, 0) is 19.1 Å². The van der Waals surface area contributed by atoms with Gasteiger partial charge in [0.2, 0.25) is 6.79 Å². The van der Waals surface area contributed by atoms with Crippen molar-refractivity contribution in [3.8, 4) is 11.5 Å². The summed E-state index contributed by atoms with van der Waals surface area (Å²) < 4.78 is 20.8. The van der Waals surface area contributed by atoms with Gasteiger partial charge in [-0.2, -0.15) is 0 Å². The van der Waals surface area contributed by atoms with E-state index in [1.54, 1.807) is 18.2 Å². The molecule has 22 heavy (non-hydrogen) atoms. The molecule has 0 radical (unpaired) electrons. The number of anilines is 1. The van der Waals surface area contributed by atoms with Gasteiger partial charge in [-0.25, -0.2) is 4.79 Å². The van der Waals surface area contributed by atoms with Gasteiger partial charge in [0.15, 0.2) is 23.7 Å². The smallest absolute Gasteiger partial charge is 0.336 e. The van der Waals surface area contributed by atoms with Crippen LogP contribution in [-0.4, -0.2) is 37.5 Å². The minimum Gasteiger partial charge on any atom is -0.454 e. The fourth-order valence-electron chi connectivity index (χ4n) is 2.29. The van der Waals surface area contributed by atoms with E-state index < -0.39 is 24.1 Å². The van der Waals surface area contributed by atoms with Gasteiger partial charge in [0.1, 0.15) is 0 Å². The highest BCUT2D eigenvalue weighted by Crippen LogP contribution is 2.34. The van der Waals surface area contributed by atoms with Crippen LogP contribution in [0.5, 0.6) is 11.5 Å². The number of ether oxygens (including phenoxy) is 4. The summed E-state index contributed by atoms with van der Waals surface area (Å²) in [5.74, 6) is 0.300. The van der Waals surface area contributed by atoms with Crippen LogP contribution in [0.15, 0.2) is 18.2 Å². The van der Waals surface area contributed by atoms with E-state index in [2.05, 4.69) is 5.32 Å². The van der Waals surface area contributed by atoms with Crippen LogP contribution in [0.2, 0.25) is 0 Å². The fourth-order valence-corrected chi connectivity index (χ4v) is 2.29. The van der Waals surface area contributed by atoms with E-state index in [1.807, 2.05) is 0 Å². The number of carbonyl (C=O) groups excluding carboxylic acids is 2. The van der Waals surface area contributed by atoms with Gasteiger partial charge >= 0.3 is 5.97 Å². The highest BCUT2D eigenvalue weighted by molar-refractivity contribution is 5.95. The molecule has 7 heteroatoms. The quantitative estimate of drug-likeness (QED) is 0.848. The summed E-state index contributed by atoms with van der Waals surface area (Å²) in [5, 5.41) is 2.67. The first-order valence-electron chi connectivity index (χ1n) is 7.16. The summed E-state index contributed by atoms with van der Waals surface area (Å²) in [5.41, 5.74) is 0.550. The molecule has 0 unspecified atom stereocenters. The van der Waals surface area contributed by atoms with Crippen LogP contribution in [0.3, 0.4) is 0 Å². The first-order chi connectivity index (χ1) is 10.6. The molecule has 1 fully saturated rings. The normalized spacial score (nSPS) is 20.5. The van der Waals surface area contributed by atoms with Crippen molar-refractivity contribution in [3.63, 3.8) is 0 Å². The van der Waals surface area contributed by atoms with Gasteiger partial charge < -0.3 is 24.3 Å². The highest BCUT2D eigenvalue weighted by atomic mass is 16.7. The van der Waals surface area contributed by atoms with Crippen molar-refractivity contribution in [3.05, 3.63) is 18.2 Å². The zero-order valence-electron chi connectivity index (χ0n) is 12.2. The molecule has 2 atom stereocenters. The summed E-state index contributed by atoms with van der Waals surface area (Å²) in [6, 6.07) is 5.07. The van der Waals surface area contributed by atoms with Crippen molar-refractivity contribution < 1.29 is 28.5 Å². The lowest BCUT2D eigenvalue weighted by Gasteiger charge is -2.16. The Balaban J connectivity index is 1.55. The number of nitrogens with one attached hydrogen (secondary N) is 1. The molecule has 0 aliphatic carbocycles.